The highest BCUT2D eigenvalue weighted by Gasteiger charge is 2.35. The van der Waals surface area contributed by atoms with Gasteiger partial charge in [0.15, 0.2) is 0 Å². The number of nitrogens with one attached hydrogen (secondary N) is 1. The molecule has 1 amide bonds. The van der Waals surface area contributed by atoms with Crippen LogP contribution in [0.15, 0.2) is 18.2 Å². The van der Waals surface area contributed by atoms with Crippen molar-refractivity contribution >= 4 is 40.9 Å². The van der Waals surface area contributed by atoms with E-state index in [1.807, 2.05) is 0 Å². The van der Waals surface area contributed by atoms with E-state index in [4.69, 9.17) is 16.3 Å². The van der Waals surface area contributed by atoms with Crippen LogP contribution in [0.5, 0.6) is 0 Å². The van der Waals surface area contributed by atoms with Gasteiger partial charge in [-0.1, -0.05) is 11.6 Å². The third kappa shape index (κ3) is 5.52. The van der Waals surface area contributed by atoms with Gasteiger partial charge in [-0.25, -0.2) is 0 Å². The van der Waals surface area contributed by atoms with Gasteiger partial charge in [-0.15, -0.1) is 0 Å². The molecule has 1 saturated heterocycles. The SMILES string of the molecule is CCOC(=O)C1CSCCN1CC(=O)Nc1ccc(Cl)cc1C(F)(F)F. The second-order valence-electron chi connectivity index (χ2n) is 5.55. The normalized spacial score (nSPS) is 18.4. The fraction of sp³-hybridized carbons (Fsp3) is 0.500. The monoisotopic (exact) mass is 410 g/mol. The van der Waals surface area contributed by atoms with Crippen molar-refractivity contribution in [1.82, 2.24) is 4.90 Å². The Morgan fingerprint density at radius 3 is 2.81 bits per heavy atom. The minimum Gasteiger partial charge on any atom is -0.465 e. The van der Waals surface area contributed by atoms with Crippen LogP contribution in [0.25, 0.3) is 0 Å². The maximum atomic E-state index is 13.1. The van der Waals surface area contributed by atoms with Crippen molar-refractivity contribution < 1.29 is 27.5 Å². The standard InChI is InChI=1S/C16H18ClF3N2O3S/c1-2-25-15(24)13-9-26-6-5-22(13)8-14(23)21-12-4-3-10(17)7-11(12)16(18,19)20/h3-4,7,13H,2,5-6,8-9H2,1H3,(H,21,23). The Kier molecular flexibility index (Phi) is 7.19. The fourth-order valence-electron chi connectivity index (χ4n) is 2.52. The molecule has 0 saturated carbocycles. The average molecular weight is 411 g/mol. The van der Waals surface area contributed by atoms with E-state index < -0.39 is 29.7 Å². The van der Waals surface area contributed by atoms with E-state index in [1.165, 1.54) is 6.07 Å². The van der Waals surface area contributed by atoms with Gasteiger partial charge >= 0.3 is 12.1 Å². The number of hydrogen-bond acceptors (Lipinski definition) is 5. The lowest BCUT2D eigenvalue weighted by molar-refractivity contribution is -0.149. The molecule has 5 nitrogen and oxygen atoms in total. The van der Waals surface area contributed by atoms with Gasteiger partial charge in [-0.05, 0) is 25.1 Å². The first kappa shape index (κ1) is 20.9. The van der Waals surface area contributed by atoms with Crippen LogP contribution in [0, 0.1) is 0 Å². The molecule has 26 heavy (non-hydrogen) atoms. The lowest BCUT2D eigenvalue weighted by atomic mass is 10.1. The molecular formula is C16H18ClF3N2O3S. The Morgan fingerprint density at radius 2 is 2.15 bits per heavy atom. The Labute approximate surface area is 158 Å². The Bertz CT molecular complexity index is 673. The molecule has 0 radical (unpaired) electrons. The fourth-order valence-corrected chi connectivity index (χ4v) is 3.79. The molecule has 1 N–H and O–H groups in total. The van der Waals surface area contributed by atoms with Crippen LogP contribution in [0.4, 0.5) is 18.9 Å². The van der Waals surface area contributed by atoms with Crippen molar-refractivity contribution in [2.75, 3.05) is 36.5 Å². The Balaban J connectivity index is 2.09. The molecule has 2 rings (SSSR count). The summed E-state index contributed by atoms with van der Waals surface area (Å²) in [4.78, 5) is 25.9. The van der Waals surface area contributed by atoms with Crippen molar-refractivity contribution in [1.29, 1.82) is 0 Å². The lowest BCUT2D eigenvalue weighted by Crippen LogP contribution is -2.50. The first-order chi connectivity index (χ1) is 12.2. The van der Waals surface area contributed by atoms with Gasteiger partial charge in [0.25, 0.3) is 0 Å². The first-order valence-corrected chi connectivity index (χ1v) is 9.40. The van der Waals surface area contributed by atoms with Crippen molar-refractivity contribution in [2.45, 2.75) is 19.1 Å². The van der Waals surface area contributed by atoms with Gasteiger partial charge in [0.2, 0.25) is 5.91 Å². The van der Waals surface area contributed by atoms with Crippen LogP contribution < -0.4 is 5.32 Å². The van der Waals surface area contributed by atoms with Gasteiger partial charge in [0, 0.05) is 23.1 Å². The molecule has 1 aromatic rings. The molecule has 1 heterocycles. The van der Waals surface area contributed by atoms with Crippen molar-refractivity contribution in [3.05, 3.63) is 28.8 Å². The molecule has 1 unspecified atom stereocenters. The van der Waals surface area contributed by atoms with E-state index in [0.717, 1.165) is 17.9 Å². The minimum atomic E-state index is -4.65. The van der Waals surface area contributed by atoms with Crippen LogP contribution in [-0.2, 0) is 20.5 Å². The highest BCUT2D eigenvalue weighted by molar-refractivity contribution is 7.99. The summed E-state index contributed by atoms with van der Waals surface area (Å²) in [6.45, 7) is 2.17. The second kappa shape index (κ2) is 8.96. The number of nitrogens with zero attached hydrogens (tertiary/aromatic N) is 1. The van der Waals surface area contributed by atoms with Crippen molar-refractivity contribution in [2.24, 2.45) is 0 Å². The molecule has 0 bridgehead atoms. The number of amides is 1. The summed E-state index contributed by atoms with van der Waals surface area (Å²) >= 11 is 7.19. The largest absolute Gasteiger partial charge is 0.465 e. The zero-order valence-electron chi connectivity index (χ0n) is 13.9. The molecule has 1 aliphatic heterocycles. The van der Waals surface area contributed by atoms with E-state index in [9.17, 15) is 22.8 Å². The van der Waals surface area contributed by atoms with Gasteiger partial charge in [-0.3, -0.25) is 14.5 Å². The van der Waals surface area contributed by atoms with Crippen molar-refractivity contribution in [3.8, 4) is 0 Å². The summed E-state index contributed by atoms with van der Waals surface area (Å²) in [7, 11) is 0. The topological polar surface area (TPSA) is 58.6 Å². The summed E-state index contributed by atoms with van der Waals surface area (Å²) < 4.78 is 44.3. The van der Waals surface area contributed by atoms with Crippen molar-refractivity contribution in [3.63, 3.8) is 0 Å². The summed E-state index contributed by atoms with van der Waals surface area (Å²) in [5, 5.41) is 2.19. The number of benzene rings is 1. The number of hydrogen-bond donors (Lipinski definition) is 1. The predicted molar refractivity (Wildman–Crippen MR) is 94.4 cm³/mol. The highest BCUT2D eigenvalue weighted by Crippen LogP contribution is 2.36. The summed E-state index contributed by atoms with van der Waals surface area (Å²) in [5.41, 5.74) is -1.39. The van der Waals surface area contributed by atoms with Crippen LogP contribution in [0.3, 0.4) is 0 Å². The number of thioether (sulfide) groups is 1. The van der Waals surface area contributed by atoms with Crippen LogP contribution >= 0.6 is 23.4 Å². The summed E-state index contributed by atoms with van der Waals surface area (Å²) in [6, 6.07) is 2.55. The quantitative estimate of drug-likeness (QED) is 0.755. The highest BCUT2D eigenvalue weighted by atomic mass is 35.5. The second-order valence-corrected chi connectivity index (χ2v) is 7.14. The molecule has 144 valence electrons. The molecule has 0 aromatic heterocycles. The number of halogens is 4. The molecule has 1 aromatic carbocycles. The smallest absolute Gasteiger partial charge is 0.418 e. The number of rotatable bonds is 5. The number of ether oxygens (including phenoxy) is 1. The number of carbonyl (C=O) groups excluding carboxylic acids is 2. The zero-order chi connectivity index (χ0) is 19.3. The van der Waals surface area contributed by atoms with Gasteiger partial charge in [-0.2, -0.15) is 24.9 Å². The predicted octanol–water partition coefficient (Wildman–Crippen LogP) is 3.28. The number of anilines is 1. The number of esters is 1. The number of alkyl halides is 3. The molecule has 0 aliphatic carbocycles. The first-order valence-electron chi connectivity index (χ1n) is 7.87. The van der Waals surface area contributed by atoms with Gasteiger partial charge in [0.1, 0.15) is 6.04 Å². The summed E-state index contributed by atoms with van der Waals surface area (Å²) in [5.74, 6) is 0.118. The lowest BCUT2D eigenvalue weighted by Gasteiger charge is -2.33. The van der Waals surface area contributed by atoms with Crippen LogP contribution in [0.1, 0.15) is 12.5 Å². The Hall–Kier alpha value is -1.45. The molecule has 10 heteroatoms. The van der Waals surface area contributed by atoms with E-state index >= 15 is 0 Å². The molecule has 1 aliphatic rings. The Morgan fingerprint density at radius 1 is 1.42 bits per heavy atom. The molecule has 1 atom stereocenters. The van der Waals surface area contributed by atoms with E-state index in [1.54, 1.807) is 23.6 Å². The minimum absolute atomic E-state index is 0.0780. The van der Waals surface area contributed by atoms with E-state index in [2.05, 4.69) is 5.32 Å². The van der Waals surface area contributed by atoms with Crippen LogP contribution in [-0.4, -0.2) is 54.0 Å². The third-order valence-corrected chi connectivity index (χ3v) is 4.96. The van der Waals surface area contributed by atoms with E-state index in [0.29, 0.717) is 12.3 Å². The zero-order valence-corrected chi connectivity index (χ0v) is 15.5. The number of carbonyl (C=O) groups is 2. The van der Waals surface area contributed by atoms with Crippen LogP contribution in [0.2, 0.25) is 5.02 Å². The maximum Gasteiger partial charge on any atom is 0.418 e. The maximum absolute atomic E-state index is 13.1. The molecular weight excluding hydrogens is 393 g/mol. The molecule has 0 spiro atoms. The molecule has 1 fully saturated rings. The van der Waals surface area contributed by atoms with Gasteiger partial charge in [0.05, 0.1) is 24.4 Å². The average Bonchev–Trinajstić information content (AvgIpc) is 2.56. The van der Waals surface area contributed by atoms with E-state index in [-0.39, 0.29) is 23.9 Å². The van der Waals surface area contributed by atoms with Gasteiger partial charge < -0.3 is 10.1 Å². The summed E-state index contributed by atoms with van der Waals surface area (Å²) in [6.07, 6.45) is -4.65. The third-order valence-electron chi connectivity index (χ3n) is 3.71.